The van der Waals surface area contributed by atoms with Crippen LogP contribution in [0.3, 0.4) is 0 Å². The molecule has 0 saturated carbocycles. The Hall–Kier alpha value is -3.79. The van der Waals surface area contributed by atoms with Crippen LogP contribution >= 0.6 is 22.9 Å². The first-order valence-corrected chi connectivity index (χ1v) is 13.1. The van der Waals surface area contributed by atoms with Gasteiger partial charge in [-0.25, -0.2) is 9.97 Å². The highest BCUT2D eigenvalue weighted by atomic mass is 35.5. The minimum atomic E-state index is -0.348. The predicted molar refractivity (Wildman–Crippen MR) is 148 cm³/mol. The Kier molecular flexibility index (Phi) is 7.45. The van der Waals surface area contributed by atoms with E-state index < -0.39 is 0 Å². The lowest BCUT2D eigenvalue weighted by molar-refractivity contribution is 0.0925. The zero-order valence-electron chi connectivity index (χ0n) is 19.8. The largest absolute Gasteiger partial charge is 0.382 e. The first kappa shape index (κ1) is 24.9. The van der Waals surface area contributed by atoms with E-state index in [-0.39, 0.29) is 29.4 Å². The smallest absolute Gasteiger partial charge is 0.274 e. The van der Waals surface area contributed by atoms with Crippen LogP contribution in [0, 0.1) is 0 Å². The number of rotatable bonds is 6. The fraction of sp³-hybridized carbons (Fsp3) is 0.185. The molecular weight excluding hydrogens is 508 g/mol. The molecule has 37 heavy (non-hydrogen) atoms. The topological polar surface area (TPSA) is 122 Å². The van der Waals surface area contributed by atoms with Crippen LogP contribution in [0.5, 0.6) is 0 Å². The Labute approximate surface area is 223 Å². The Morgan fingerprint density at radius 3 is 2.68 bits per heavy atom. The maximum absolute atomic E-state index is 12.9. The maximum atomic E-state index is 12.9. The molecule has 188 valence electrons. The lowest BCUT2D eigenvalue weighted by atomic mass is 10.1. The third-order valence-corrected chi connectivity index (χ3v) is 7.25. The predicted octanol–water partition coefficient (Wildman–Crippen LogP) is 4.84. The molecule has 5 N–H and O–H groups in total. The molecule has 1 aliphatic heterocycles. The quantitative estimate of drug-likeness (QED) is 0.282. The molecule has 1 aliphatic rings. The molecule has 1 atom stereocenters. The summed E-state index contributed by atoms with van der Waals surface area (Å²) in [4.78, 5) is 35.0. The summed E-state index contributed by atoms with van der Waals surface area (Å²) in [6.45, 7) is 1.67. The summed E-state index contributed by atoms with van der Waals surface area (Å²) in [5, 5.41) is 11.8. The Balaban J connectivity index is 1.31. The molecule has 0 spiro atoms. The van der Waals surface area contributed by atoms with E-state index in [0.29, 0.717) is 33.4 Å². The molecule has 2 aromatic heterocycles. The zero-order chi connectivity index (χ0) is 25.8. The SMILES string of the molecule is Nc1ncc(-c2cccc(NC(=O)c3cc(-c4ccc(Cl)cc4)cs3)c2)nc1C(=O)NC1CCCNC1. The number of nitrogens with two attached hydrogens (primary N) is 1. The Morgan fingerprint density at radius 1 is 1.05 bits per heavy atom. The number of anilines is 2. The molecule has 1 fully saturated rings. The molecule has 5 rings (SSSR count). The van der Waals surface area contributed by atoms with Gasteiger partial charge in [0.25, 0.3) is 11.8 Å². The van der Waals surface area contributed by atoms with Crippen molar-refractivity contribution in [2.24, 2.45) is 0 Å². The van der Waals surface area contributed by atoms with Gasteiger partial charge < -0.3 is 21.7 Å². The second-order valence-corrected chi connectivity index (χ2v) is 10.1. The van der Waals surface area contributed by atoms with Gasteiger partial charge in [0.1, 0.15) is 0 Å². The van der Waals surface area contributed by atoms with Gasteiger partial charge in [-0.05, 0) is 66.2 Å². The van der Waals surface area contributed by atoms with E-state index in [9.17, 15) is 9.59 Å². The Bertz CT molecular complexity index is 1430. The van der Waals surface area contributed by atoms with E-state index in [1.165, 1.54) is 17.5 Å². The molecular formula is C27H25ClN6O2S. The second kappa shape index (κ2) is 11.1. The van der Waals surface area contributed by atoms with Gasteiger partial charge in [-0.1, -0.05) is 35.9 Å². The van der Waals surface area contributed by atoms with Gasteiger partial charge in [-0.15, -0.1) is 11.3 Å². The number of halogens is 1. The number of aromatic nitrogens is 2. The number of amides is 2. The maximum Gasteiger partial charge on any atom is 0.274 e. The molecule has 0 bridgehead atoms. The molecule has 10 heteroatoms. The first-order valence-electron chi connectivity index (χ1n) is 11.9. The van der Waals surface area contributed by atoms with Crippen molar-refractivity contribution in [2.45, 2.75) is 18.9 Å². The number of carbonyl (C=O) groups excluding carboxylic acids is 2. The first-order chi connectivity index (χ1) is 18.0. The van der Waals surface area contributed by atoms with Crippen LogP contribution in [0.4, 0.5) is 11.5 Å². The number of hydrogen-bond donors (Lipinski definition) is 4. The number of nitrogens with zero attached hydrogens (tertiary/aromatic N) is 2. The van der Waals surface area contributed by atoms with Gasteiger partial charge in [0, 0.05) is 28.9 Å². The molecule has 1 unspecified atom stereocenters. The molecule has 2 amide bonds. The van der Waals surface area contributed by atoms with Crippen molar-refractivity contribution in [2.75, 3.05) is 24.1 Å². The molecule has 0 radical (unpaired) electrons. The minimum absolute atomic E-state index is 0.0297. The van der Waals surface area contributed by atoms with Gasteiger partial charge in [-0.3, -0.25) is 9.59 Å². The molecule has 3 heterocycles. The van der Waals surface area contributed by atoms with E-state index >= 15 is 0 Å². The summed E-state index contributed by atoms with van der Waals surface area (Å²) in [5.41, 5.74) is 9.79. The fourth-order valence-corrected chi connectivity index (χ4v) is 5.07. The summed E-state index contributed by atoms with van der Waals surface area (Å²) >= 11 is 7.34. The summed E-state index contributed by atoms with van der Waals surface area (Å²) in [6, 6.07) is 16.6. The van der Waals surface area contributed by atoms with Crippen LogP contribution in [0.1, 0.15) is 33.0 Å². The van der Waals surface area contributed by atoms with Crippen LogP contribution in [-0.4, -0.2) is 40.9 Å². The number of benzene rings is 2. The second-order valence-electron chi connectivity index (χ2n) is 8.75. The van der Waals surface area contributed by atoms with Crippen molar-refractivity contribution in [3.8, 4) is 22.4 Å². The van der Waals surface area contributed by atoms with E-state index in [2.05, 4.69) is 25.9 Å². The number of thiophene rings is 1. The average molecular weight is 533 g/mol. The van der Waals surface area contributed by atoms with E-state index in [4.69, 9.17) is 17.3 Å². The number of hydrogen-bond acceptors (Lipinski definition) is 7. The van der Waals surface area contributed by atoms with Crippen LogP contribution in [-0.2, 0) is 0 Å². The highest BCUT2D eigenvalue weighted by Gasteiger charge is 2.20. The number of nitrogen functional groups attached to an aromatic ring is 1. The van der Waals surface area contributed by atoms with Crippen molar-refractivity contribution in [3.63, 3.8) is 0 Å². The monoisotopic (exact) mass is 532 g/mol. The highest BCUT2D eigenvalue weighted by Crippen LogP contribution is 2.28. The zero-order valence-corrected chi connectivity index (χ0v) is 21.4. The van der Waals surface area contributed by atoms with E-state index in [0.717, 1.165) is 30.5 Å². The van der Waals surface area contributed by atoms with Crippen LogP contribution in [0.25, 0.3) is 22.4 Å². The number of piperidine rings is 1. The van der Waals surface area contributed by atoms with Crippen molar-refractivity contribution < 1.29 is 9.59 Å². The molecule has 2 aromatic carbocycles. The van der Waals surface area contributed by atoms with E-state index in [1.54, 1.807) is 12.1 Å². The van der Waals surface area contributed by atoms with Crippen LogP contribution in [0.2, 0.25) is 5.02 Å². The normalized spacial score (nSPS) is 15.2. The van der Waals surface area contributed by atoms with Gasteiger partial charge >= 0.3 is 0 Å². The van der Waals surface area contributed by atoms with Crippen molar-refractivity contribution in [1.29, 1.82) is 0 Å². The lowest BCUT2D eigenvalue weighted by Gasteiger charge is -2.23. The minimum Gasteiger partial charge on any atom is -0.382 e. The van der Waals surface area contributed by atoms with E-state index in [1.807, 2.05) is 47.8 Å². The number of nitrogens with one attached hydrogen (secondary N) is 3. The summed E-state index contributed by atoms with van der Waals surface area (Å²) in [5.74, 6) is -0.491. The molecule has 1 saturated heterocycles. The lowest BCUT2D eigenvalue weighted by Crippen LogP contribution is -2.46. The summed E-state index contributed by atoms with van der Waals surface area (Å²) in [6.07, 6.45) is 3.42. The molecule has 8 nitrogen and oxygen atoms in total. The summed E-state index contributed by atoms with van der Waals surface area (Å²) < 4.78 is 0. The molecule has 0 aliphatic carbocycles. The van der Waals surface area contributed by atoms with Gasteiger partial charge in [-0.2, -0.15) is 0 Å². The van der Waals surface area contributed by atoms with Gasteiger partial charge in [0.05, 0.1) is 16.8 Å². The van der Waals surface area contributed by atoms with Crippen molar-refractivity contribution in [3.05, 3.63) is 81.8 Å². The Morgan fingerprint density at radius 2 is 1.89 bits per heavy atom. The van der Waals surface area contributed by atoms with Crippen molar-refractivity contribution in [1.82, 2.24) is 20.6 Å². The average Bonchev–Trinajstić information content (AvgIpc) is 3.41. The van der Waals surface area contributed by atoms with Crippen LogP contribution in [0.15, 0.2) is 66.2 Å². The standard InChI is InChI=1S/C27H25ClN6O2S/c28-19-8-6-16(7-9-19)18-12-23(37-15-18)26(35)32-20-4-1-3-17(11-20)22-14-31-25(29)24(34-22)27(36)33-21-5-2-10-30-13-21/h1,3-4,6-9,11-12,14-15,21,30H,2,5,10,13H2,(H2,29,31)(H,32,35)(H,33,36). The number of carbonyl (C=O) groups is 2. The fourth-order valence-electron chi connectivity index (χ4n) is 4.13. The van der Waals surface area contributed by atoms with Gasteiger partial charge in [0.2, 0.25) is 0 Å². The van der Waals surface area contributed by atoms with Crippen LogP contribution < -0.4 is 21.7 Å². The third kappa shape index (κ3) is 5.96. The third-order valence-electron chi connectivity index (χ3n) is 6.06. The van der Waals surface area contributed by atoms with Gasteiger partial charge in [0.15, 0.2) is 11.5 Å². The van der Waals surface area contributed by atoms with Crippen molar-refractivity contribution >= 4 is 46.3 Å². The molecule has 4 aromatic rings. The summed E-state index contributed by atoms with van der Waals surface area (Å²) in [7, 11) is 0. The highest BCUT2D eigenvalue weighted by molar-refractivity contribution is 7.12.